The summed E-state index contributed by atoms with van der Waals surface area (Å²) in [4.78, 5) is 0. The van der Waals surface area contributed by atoms with Crippen LogP contribution < -0.4 is 0 Å². The molecule has 158 valence electrons. The van der Waals surface area contributed by atoms with Gasteiger partial charge in [0.05, 0.1) is 5.69 Å². The number of phenols is 3. The molecule has 0 aliphatic rings. The van der Waals surface area contributed by atoms with Gasteiger partial charge in [0.15, 0.2) is 0 Å². The molecular formula is C28H23NO3. The molecule has 0 spiro atoms. The van der Waals surface area contributed by atoms with Gasteiger partial charge in [0.2, 0.25) is 0 Å². The van der Waals surface area contributed by atoms with Crippen LogP contribution in [0.4, 0.5) is 0 Å². The first-order valence-electron chi connectivity index (χ1n) is 10.5. The van der Waals surface area contributed by atoms with Crippen LogP contribution in [0, 0.1) is 6.92 Å². The SMILES string of the molecule is Cc1c(-c2ccc(O)cc2)n(Cc2ccc(O)cc2)c2ccc(-c3ccccc3O)cc12. The van der Waals surface area contributed by atoms with E-state index >= 15 is 0 Å². The van der Waals surface area contributed by atoms with E-state index in [0.29, 0.717) is 6.54 Å². The molecule has 0 radical (unpaired) electrons. The predicted molar refractivity (Wildman–Crippen MR) is 128 cm³/mol. The molecule has 0 aliphatic carbocycles. The fourth-order valence-corrected chi connectivity index (χ4v) is 4.35. The van der Waals surface area contributed by atoms with Crippen molar-refractivity contribution in [3.63, 3.8) is 0 Å². The van der Waals surface area contributed by atoms with Crippen LogP contribution in [0.25, 0.3) is 33.3 Å². The molecule has 0 unspecified atom stereocenters. The van der Waals surface area contributed by atoms with Crippen LogP contribution in [0.5, 0.6) is 17.2 Å². The zero-order chi connectivity index (χ0) is 22.2. The Labute approximate surface area is 186 Å². The standard InChI is InChI=1S/C28H23NO3/c1-18-25-16-21(24-4-2-3-5-27(24)32)10-15-26(25)29(17-19-6-11-22(30)12-7-19)28(18)20-8-13-23(31)14-9-20/h2-16,30-32H,17H2,1H3. The number of para-hydroxylation sites is 1. The Morgan fingerprint density at radius 3 is 2.00 bits per heavy atom. The van der Waals surface area contributed by atoms with Gasteiger partial charge in [0.1, 0.15) is 17.2 Å². The first kappa shape index (κ1) is 19.8. The number of aromatic hydroxyl groups is 3. The molecule has 4 heteroatoms. The van der Waals surface area contributed by atoms with E-state index in [1.807, 2.05) is 48.5 Å². The topological polar surface area (TPSA) is 65.6 Å². The predicted octanol–water partition coefficient (Wildman–Crippen LogP) is 6.45. The second kappa shape index (κ2) is 7.82. The smallest absolute Gasteiger partial charge is 0.123 e. The van der Waals surface area contributed by atoms with Crippen LogP contribution in [0.15, 0.2) is 91.0 Å². The summed E-state index contributed by atoms with van der Waals surface area (Å²) in [6.45, 7) is 2.74. The van der Waals surface area contributed by atoms with Crippen molar-refractivity contribution in [1.29, 1.82) is 0 Å². The largest absolute Gasteiger partial charge is 0.508 e. The zero-order valence-corrected chi connectivity index (χ0v) is 17.7. The molecule has 5 rings (SSSR count). The van der Waals surface area contributed by atoms with Gasteiger partial charge in [-0.2, -0.15) is 0 Å². The Morgan fingerprint density at radius 2 is 1.31 bits per heavy atom. The molecule has 0 bridgehead atoms. The summed E-state index contributed by atoms with van der Waals surface area (Å²) < 4.78 is 2.26. The summed E-state index contributed by atoms with van der Waals surface area (Å²) in [5.74, 6) is 0.731. The summed E-state index contributed by atoms with van der Waals surface area (Å²) in [5, 5.41) is 30.9. The highest BCUT2D eigenvalue weighted by atomic mass is 16.3. The summed E-state index contributed by atoms with van der Waals surface area (Å²) in [6, 6.07) is 28.1. The molecule has 0 amide bonds. The van der Waals surface area contributed by atoms with Gasteiger partial charge in [-0.25, -0.2) is 0 Å². The maximum atomic E-state index is 10.3. The third-order valence-electron chi connectivity index (χ3n) is 5.95. The van der Waals surface area contributed by atoms with Gasteiger partial charge in [-0.3, -0.25) is 0 Å². The Morgan fingerprint density at radius 1 is 0.688 bits per heavy atom. The van der Waals surface area contributed by atoms with Gasteiger partial charge < -0.3 is 19.9 Å². The first-order chi connectivity index (χ1) is 15.5. The molecule has 32 heavy (non-hydrogen) atoms. The van der Waals surface area contributed by atoms with Crippen molar-refractivity contribution >= 4 is 10.9 Å². The van der Waals surface area contributed by atoms with Crippen molar-refractivity contribution in [2.45, 2.75) is 13.5 Å². The molecule has 1 heterocycles. The number of aromatic nitrogens is 1. The van der Waals surface area contributed by atoms with Crippen LogP contribution in [-0.4, -0.2) is 19.9 Å². The molecule has 3 N–H and O–H groups in total. The average molecular weight is 421 g/mol. The van der Waals surface area contributed by atoms with Crippen molar-refractivity contribution in [2.24, 2.45) is 0 Å². The van der Waals surface area contributed by atoms with Crippen LogP contribution in [0.3, 0.4) is 0 Å². The van der Waals surface area contributed by atoms with E-state index in [9.17, 15) is 15.3 Å². The van der Waals surface area contributed by atoms with E-state index in [1.54, 1.807) is 30.3 Å². The Kier molecular flexibility index (Phi) is 4.83. The highest BCUT2D eigenvalue weighted by Crippen LogP contribution is 2.38. The minimum Gasteiger partial charge on any atom is -0.508 e. The second-order valence-electron chi connectivity index (χ2n) is 8.02. The Bertz CT molecular complexity index is 1410. The van der Waals surface area contributed by atoms with Crippen molar-refractivity contribution in [1.82, 2.24) is 4.57 Å². The zero-order valence-electron chi connectivity index (χ0n) is 17.7. The lowest BCUT2D eigenvalue weighted by atomic mass is 10.0. The number of phenolic OH excluding ortho intramolecular Hbond substituents is 3. The van der Waals surface area contributed by atoms with Crippen LogP contribution >= 0.6 is 0 Å². The molecule has 0 saturated carbocycles. The number of rotatable bonds is 4. The third kappa shape index (κ3) is 3.46. The molecule has 4 aromatic carbocycles. The molecule has 0 fully saturated rings. The lowest BCUT2D eigenvalue weighted by Crippen LogP contribution is -2.02. The Balaban J connectivity index is 1.73. The van der Waals surface area contributed by atoms with E-state index in [0.717, 1.165) is 44.4 Å². The number of nitrogens with zero attached hydrogens (tertiary/aromatic N) is 1. The van der Waals surface area contributed by atoms with E-state index in [-0.39, 0.29) is 17.2 Å². The monoisotopic (exact) mass is 421 g/mol. The van der Waals surface area contributed by atoms with Crippen molar-refractivity contribution in [3.8, 4) is 39.6 Å². The second-order valence-corrected chi connectivity index (χ2v) is 8.02. The van der Waals surface area contributed by atoms with Gasteiger partial charge in [-0.15, -0.1) is 0 Å². The van der Waals surface area contributed by atoms with Crippen molar-refractivity contribution in [3.05, 3.63) is 102 Å². The number of hydrogen-bond acceptors (Lipinski definition) is 3. The third-order valence-corrected chi connectivity index (χ3v) is 5.95. The lowest BCUT2D eigenvalue weighted by molar-refractivity contribution is 0.474. The van der Waals surface area contributed by atoms with Gasteiger partial charge in [0.25, 0.3) is 0 Å². The molecule has 0 atom stereocenters. The summed E-state index contributed by atoms with van der Waals surface area (Å²) in [5.41, 5.74) is 7.12. The summed E-state index contributed by atoms with van der Waals surface area (Å²) >= 11 is 0. The lowest BCUT2D eigenvalue weighted by Gasteiger charge is -2.13. The molecule has 4 nitrogen and oxygen atoms in total. The number of aryl methyl sites for hydroxylation is 1. The molecule has 0 aliphatic heterocycles. The maximum absolute atomic E-state index is 10.3. The highest BCUT2D eigenvalue weighted by Gasteiger charge is 2.17. The minimum absolute atomic E-state index is 0.231. The van der Waals surface area contributed by atoms with E-state index in [4.69, 9.17) is 0 Å². The van der Waals surface area contributed by atoms with Crippen LogP contribution in [-0.2, 0) is 6.54 Å². The van der Waals surface area contributed by atoms with Crippen LogP contribution in [0.1, 0.15) is 11.1 Å². The molecule has 1 aromatic heterocycles. The molecule has 0 saturated heterocycles. The number of hydrogen-bond donors (Lipinski definition) is 3. The molecule has 5 aromatic rings. The van der Waals surface area contributed by atoms with Gasteiger partial charge in [-0.1, -0.05) is 36.4 Å². The maximum Gasteiger partial charge on any atom is 0.123 e. The number of benzene rings is 4. The van der Waals surface area contributed by atoms with E-state index in [2.05, 4.69) is 23.6 Å². The number of fused-ring (bicyclic) bond motifs is 1. The average Bonchev–Trinajstić information content (AvgIpc) is 3.07. The summed E-state index contributed by atoms with van der Waals surface area (Å²) in [7, 11) is 0. The van der Waals surface area contributed by atoms with Crippen molar-refractivity contribution < 1.29 is 15.3 Å². The van der Waals surface area contributed by atoms with E-state index in [1.165, 1.54) is 0 Å². The fraction of sp³-hybridized carbons (Fsp3) is 0.0714. The van der Waals surface area contributed by atoms with Crippen molar-refractivity contribution in [2.75, 3.05) is 0 Å². The normalized spacial score (nSPS) is 11.2. The highest BCUT2D eigenvalue weighted by molar-refractivity contribution is 5.95. The van der Waals surface area contributed by atoms with Crippen LogP contribution in [0.2, 0.25) is 0 Å². The van der Waals surface area contributed by atoms with Gasteiger partial charge in [-0.05, 0) is 83.8 Å². The summed E-state index contributed by atoms with van der Waals surface area (Å²) in [6.07, 6.45) is 0. The minimum atomic E-state index is 0.231. The van der Waals surface area contributed by atoms with E-state index < -0.39 is 0 Å². The molecular weight excluding hydrogens is 398 g/mol. The quantitative estimate of drug-likeness (QED) is 0.312. The Hall–Kier alpha value is -4.18. The first-order valence-corrected chi connectivity index (χ1v) is 10.5. The fourth-order valence-electron chi connectivity index (χ4n) is 4.35. The van der Waals surface area contributed by atoms with Gasteiger partial charge >= 0.3 is 0 Å². The van der Waals surface area contributed by atoms with Gasteiger partial charge in [0, 0.05) is 23.0 Å².